The van der Waals surface area contributed by atoms with Crippen molar-refractivity contribution in [1.29, 1.82) is 0 Å². The van der Waals surface area contributed by atoms with Gasteiger partial charge < -0.3 is 9.88 Å². The van der Waals surface area contributed by atoms with E-state index in [1.165, 1.54) is 22.9 Å². The molecular weight excluding hydrogens is 380 g/mol. The van der Waals surface area contributed by atoms with Crippen LogP contribution in [-0.4, -0.2) is 26.4 Å². The second kappa shape index (κ2) is 9.74. The largest absolute Gasteiger partial charge is 0.325 e. The summed E-state index contributed by atoms with van der Waals surface area (Å²) in [6, 6.07) is 16.3. The van der Waals surface area contributed by atoms with Gasteiger partial charge in [-0.05, 0) is 49.9 Å². The van der Waals surface area contributed by atoms with Crippen molar-refractivity contribution < 1.29 is 4.79 Å². The Balaban J connectivity index is 1.63. The first kappa shape index (κ1) is 21.1. The highest BCUT2D eigenvalue weighted by Crippen LogP contribution is 2.25. The van der Waals surface area contributed by atoms with E-state index in [1.807, 2.05) is 28.8 Å². The van der Waals surface area contributed by atoms with Crippen molar-refractivity contribution in [2.75, 3.05) is 11.1 Å². The van der Waals surface area contributed by atoms with Gasteiger partial charge in [0.2, 0.25) is 5.91 Å². The number of carbonyl (C=O) groups excluding carboxylic acids is 1. The zero-order valence-electron chi connectivity index (χ0n) is 17.5. The molecule has 152 valence electrons. The molecule has 1 amide bonds. The molecule has 0 saturated carbocycles. The number of nitrogens with one attached hydrogen (secondary N) is 1. The van der Waals surface area contributed by atoms with E-state index in [9.17, 15) is 4.79 Å². The topological polar surface area (TPSA) is 59.8 Å². The van der Waals surface area contributed by atoms with Gasteiger partial charge >= 0.3 is 0 Å². The number of nitrogens with zero attached hydrogens (tertiary/aromatic N) is 3. The molecule has 1 aromatic heterocycles. The fraction of sp³-hybridized carbons (Fsp3) is 0.348. The van der Waals surface area contributed by atoms with E-state index < -0.39 is 0 Å². The van der Waals surface area contributed by atoms with Gasteiger partial charge in [-0.25, -0.2) is 0 Å². The molecule has 6 heteroatoms. The van der Waals surface area contributed by atoms with E-state index in [4.69, 9.17) is 0 Å². The van der Waals surface area contributed by atoms with Crippen molar-refractivity contribution in [3.63, 3.8) is 0 Å². The molecular formula is C23H28N4OS. The lowest BCUT2D eigenvalue weighted by molar-refractivity contribution is -0.113. The zero-order chi connectivity index (χ0) is 20.8. The number of aromatic nitrogens is 3. The van der Waals surface area contributed by atoms with Gasteiger partial charge in [0.05, 0.1) is 5.75 Å². The van der Waals surface area contributed by atoms with E-state index in [0.29, 0.717) is 11.7 Å². The minimum Gasteiger partial charge on any atom is -0.325 e. The quantitative estimate of drug-likeness (QED) is 0.499. The summed E-state index contributed by atoms with van der Waals surface area (Å²) in [5, 5.41) is 12.4. The Morgan fingerprint density at radius 2 is 1.90 bits per heavy atom. The number of rotatable bonds is 8. The SMILES string of the molecule is CCC(C)c1ccc(NC(=O)CSc2nnc(-c3cccc(C)c3)n2CC)cc1. The number of anilines is 1. The van der Waals surface area contributed by atoms with Crippen LogP contribution in [0.4, 0.5) is 5.69 Å². The highest BCUT2D eigenvalue weighted by molar-refractivity contribution is 7.99. The van der Waals surface area contributed by atoms with Crippen molar-refractivity contribution in [3.8, 4) is 11.4 Å². The number of benzene rings is 2. The zero-order valence-corrected chi connectivity index (χ0v) is 18.3. The smallest absolute Gasteiger partial charge is 0.234 e. The molecule has 5 nitrogen and oxygen atoms in total. The molecule has 1 atom stereocenters. The summed E-state index contributed by atoms with van der Waals surface area (Å²) >= 11 is 1.41. The van der Waals surface area contributed by atoms with Gasteiger partial charge in [0.25, 0.3) is 0 Å². The second-order valence-electron chi connectivity index (χ2n) is 7.19. The van der Waals surface area contributed by atoms with Crippen LogP contribution in [0.1, 0.15) is 44.2 Å². The summed E-state index contributed by atoms with van der Waals surface area (Å²) in [5.41, 5.74) is 4.33. The Morgan fingerprint density at radius 3 is 2.55 bits per heavy atom. The summed E-state index contributed by atoms with van der Waals surface area (Å²) in [4.78, 5) is 12.4. The molecule has 0 bridgehead atoms. The van der Waals surface area contributed by atoms with Gasteiger partial charge in [-0.3, -0.25) is 4.79 Å². The minimum absolute atomic E-state index is 0.0472. The Hall–Kier alpha value is -2.60. The third kappa shape index (κ3) is 5.26. The first-order chi connectivity index (χ1) is 14.0. The Morgan fingerprint density at radius 1 is 1.14 bits per heavy atom. The molecule has 0 radical (unpaired) electrons. The molecule has 1 heterocycles. The van der Waals surface area contributed by atoms with E-state index in [1.54, 1.807) is 0 Å². The number of thioether (sulfide) groups is 1. The van der Waals surface area contributed by atoms with E-state index in [0.717, 1.165) is 35.2 Å². The van der Waals surface area contributed by atoms with E-state index >= 15 is 0 Å². The summed E-state index contributed by atoms with van der Waals surface area (Å²) in [5.74, 6) is 1.60. The van der Waals surface area contributed by atoms with E-state index in [2.05, 4.69) is 67.5 Å². The first-order valence-electron chi connectivity index (χ1n) is 10.0. The van der Waals surface area contributed by atoms with Gasteiger partial charge in [0, 0.05) is 17.8 Å². The molecule has 29 heavy (non-hydrogen) atoms. The maximum atomic E-state index is 12.4. The molecule has 1 unspecified atom stereocenters. The average Bonchev–Trinajstić information content (AvgIpc) is 3.15. The second-order valence-corrected chi connectivity index (χ2v) is 8.13. The van der Waals surface area contributed by atoms with Crippen LogP contribution in [-0.2, 0) is 11.3 Å². The van der Waals surface area contributed by atoms with Crippen LogP contribution < -0.4 is 5.32 Å². The number of hydrogen-bond acceptors (Lipinski definition) is 4. The van der Waals surface area contributed by atoms with E-state index in [-0.39, 0.29) is 5.91 Å². The molecule has 3 aromatic rings. The van der Waals surface area contributed by atoms with Crippen LogP contribution in [0.5, 0.6) is 0 Å². The molecule has 0 fully saturated rings. The summed E-state index contributed by atoms with van der Waals surface area (Å²) in [6.45, 7) is 9.25. The van der Waals surface area contributed by atoms with Crippen molar-refractivity contribution in [1.82, 2.24) is 14.8 Å². The predicted molar refractivity (Wildman–Crippen MR) is 120 cm³/mol. The molecule has 0 saturated heterocycles. The minimum atomic E-state index is -0.0472. The highest BCUT2D eigenvalue weighted by Gasteiger charge is 2.15. The molecule has 0 spiro atoms. The van der Waals surface area contributed by atoms with Gasteiger partial charge in [-0.2, -0.15) is 0 Å². The maximum absolute atomic E-state index is 12.4. The predicted octanol–water partition coefficient (Wildman–Crippen LogP) is 5.52. The Bertz CT molecular complexity index is 965. The Labute approximate surface area is 176 Å². The third-order valence-corrected chi connectivity index (χ3v) is 5.98. The Kier molecular flexibility index (Phi) is 7.09. The van der Waals surface area contributed by atoms with Gasteiger partial charge in [0.15, 0.2) is 11.0 Å². The molecule has 0 aliphatic rings. The van der Waals surface area contributed by atoms with Crippen LogP contribution in [0.3, 0.4) is 0 Å². The average molecular weight is 409 g/mol. The molecule has 2 aromatic carbocycles. The fourth-order valence-electron chi connectivity index (χ4n) is 3.14. The molecule has 1 N–H and O–H groups in total. The molecule has 0 aliphatic heterocycles. The van der Waals surface area contributed by atoms with Crippen LogP contribution >= 0.6 is 11.8 Å². The lowest BCUT2D eigenvalue weighted by Crippen LogP contribution is -2.14. The fourth-order valence-corrected chi connectivity index (χ4v) is 3.94. The molecule has 0 aliphatic carbocycles. The van der Waals surface area contributed by atoms with Crippen LogP contribution in [0, 0.1) is 6.92 Å². The van der Waals surface area contributed by atoms with Crippen LogP contribution in [0.25, 0.3) is 11.4 Å². The van der Waals surface area contributed by atoms with Crippen LogP contribution in [0.2, 0.25) is 0 Å². The maximum Gasteiger partial charge on any atom is 0.234 e. The standard InChI is InChI=1S/C23H28N4OS/c1-5-17(4)18-10-12-20(13-11-18)24-21(28)15-29-23-26-25-22(27(23)6-2)19-9-7-8-16(3)14-19/h7-14,17H,5-6,15H2,1-4H3,(H,24,28). The lowest BCUT2D eigenvalue weighted by atomic mass is 9.99. The number of carbonyl (C=O) groups is 1. The van der Waals surface area contributed by atoms with Gasteiger partial charge in [0.1, 0.15) is 0 Å². The molecule has 3 rings (SSSR count). The van der Waals surface area contributed by atoms with Crippen LogP contribution in [0.15, 0.2) is 53.7 Å². The number of hydrogen-bond donors (Lipinski definition) is 1. The normalized spacial score (nSPS) is 12.0. The summed E-state index contributed by atoms with van der Waals surface area (Å²) < 4.78 is 2.05. The van der Waals surface area contributed by atoms with Crippen molar-refractivity contribution in [2.24, 2.45) is 0 Å². The van der Waals surface area contributed by atoms with Gasteiger partial charge in [-0.15, -0.1) is 10.2 Å². The lowest BCUT2D eigenvalue weighted by Gasteiger charge is -2.11. The van der Waals surface area contributed by atoms with Crippen molar-refractivity contribution >= 4 is 23.4 Å². The summed E-state index contributed by atoms with van der Waals surface area (Å²) in [6.07, 6.45) is 1.10. The highest BCUT2D eigenvalue weighted by atomic mass is 32.2. The third-order valence-electron chi connectivity index (χ3n) is 5.02. The number of amides is 1. The first-order valence-corrected chi connectivity index (χ1v) is 11.0. The number of aryl methyl sites for hydroxylation is 1. The monoisotopic (exact) mass is 408 g/mol. The van der Waals surface area contributed by atoms with Crippen molar-refractivity contribution in [3.05, 3.63) is 59.7 Å². The van der Waals surface area contributed by atoms with Crippen molar-refractivity contribution in [2.45, 2.75) is 51.7 Å². The summed E-state index contributed by atoms with van der Waals surface area (Å²) in [7, 11) is 0. The van der Waals surface area contributed by atoms with Gasteiger partial charge in [-0.1, -0.05) is 61.5 Å².